The Morgan fingerprint density at radius 1 is 1.00 bits per heavy atom. The van der Waals surface area contributed by atoms with Crippen molar-refractivity contribution in [2.24, 2.45) is 0 Å². The molecule has 1 aliphatic heterocycles. The Morgan fingerprint density at radius 2 is 1.77 bits per heavy atom. The smallest absolute Gasteiger partial charge is 0.246 e. The van der Waals surface area contributed by atoms with Gasteiger partial charge >= 0.3 is 0 Å². The predicted octanol–water partition coefficient (Wildman–Crippen LogP) is 4.28. The number of nitrogens with one attached hydrogen (secondary N) is 1. The normalized spacial score (nSPS) is 13.5. The standard InChI is InChI=1S/C25H26N2O4/c1-27(17-18-11-12-22-23(15-18)31-14-13-30-22)24(19-7-4-3-5-8-19)25(28)26-20-9-6-10-21(16-20)29-2/h3-12,15-16,24H,13-14,17H2,1-2H3,(H,26,28). The first-order valence-corrected chi connectivity index (χ1v) is 10.2. The zero-order valence-electron chi connectivity index (χ0n) is 17.7. The summed E-state index contributed by atoms with van der Waals surface area (Å²) in [5.41, 5.74) is 2.66. The van der Waals surface area contributed by atoms with Crippen molar-refractivity contribution in [2.45, 2.75) is 12.6 Å². The third kappa shape index (κ3) is 4.98. The molecule has 0 aromatic heterocycles. The summed E-state index contributed by atoms with van der Waals surface area (Å²) in [6, 6.07) is 22.6. The highest BCUT2D eigenvalue weighted by molar-refractivity contribution is 5.95. The molecule has 3 aromatic rings. The number of benzene rings is 3. The van der Waals surface area contributed by atoms with Crippen molar-refractivity contribution in [3.05, 3.63) is 83.9 Å². The van der Waals surface area contributed by atoms with Crippen LogP contribution in [-0.2, 0) is 11.3 Å². The summed E-state index contributed by atoms with van der Waals surface area (Å²) < 4.78 is 16.6. The number of hydrogen-bond donors (Lipinski definition) is 1. The summed E-state index contributed by atoms with van der Waals surface area (Å²) >= 11 is 0. The molecule has 1 atom stereocenters. The average molecular weight is 418 g/mol. The average Bonchev–Trinajstić information content (AvgIpc) is 2.80. The Morgan fingerprint density at radius 3 is 2.55 bits per heavy atom. The van der Waals surface area contributed by atoms with Crippen LogP contribution in [0.3, 0.4) is 0 Å². The first-order valence-electron chi connectivity index (χ1n) is 10.2. The molecule has 3 aromatic carbocycles. The molecule has 31 heavy (non-hydrogen) atoms. The summed E-state index contributed by atoms with van der Waals surface area (Å²) in [4.78, 5) is 15.4. The van der Waals surface area contributed by atoms with Crippen LogP contribution in [0.15, 0.2) is 72.8 Å². The number of likely N-dealkylation sites (N-methyl/N-ethyl adjacent to an activating group) is 1. The number of ether oxygens (including phenoxy) is 3. The minimum Gasteiger partial charge on any atom is -0.497 e. The molecule has 1 aliphatic rings. The largest absolute Gasteiger partial charge is 0.497 e. The molecule has 6 heteroatoms. The quantitative estimate of drug-likeness (QED) is 0.621. The number of rotatable bonds is 7. The number of methoxy groups -OCH3 is 1. The van der Waals surface area contributed by atoms with Crippen LogP contribution in [-0.4, -0.2) is 38.2 Å². The van der Waals surface area contributed by atoms with E-state index in [-0.39, 0.29) is 5.91 Å². The van der Waals surface area contributed by atoms with Crippen LogP contribution in [0, 0.1) is 0 Å². The number of amides is 1. The zero-order chi connectivity index (χ0) is 21.6. The van der Waals surface area contributed by atoms with Gasteiger partial charge in [-0.2, -0.15) is 0 Å². The number of anilines is 1. The van der Waals surface area contributed by atoms with Crippen molar-refractivity contribution in [3.63, 3.8) is 0 Å². The van der Waals surface area contributed by atoms with Crippen LogP contribution in [0.2, 0.25) is 0 Å². The van der Waals surface area contributed by atoms with Crippen molar-refractivity contribution in [2.75, 3.05) is 32.7 Å². The number of carbonyl (C=O) groups is 1. The Kier molecular flexibility index (Phi) is 6.38. The second-order valence-corrected chi connectivity index (χ2v) is 7.43. The fourth-order valence-electron chi connectivity index (χ4n) is 3.72. The van der Waals surface area contributed by atoms with Crippen molar-refractivity contribution in [1.29, 1.82) is 0 Å². The summed E-state index contributed by atoms with van der Waals surface area (Å²) in [6.45, 7) is 1.68. The molecular weight excluding hydrogens is 392 g/mol. The Hall–Kier alpha value is -3.51. The maximum atomic E-state index is 13.3. The summed E-state index contributed by atoms with van der Waals surface area (Å²) in [7, 11) is 3.55. The molecule has 1 N–H and O–H groups in total. The lowest BCUT2D eigenvalue weighted by molar-refractivity contribution is -0.121. The molecule has 1 heterocycles. The fourth-order valence-corrected chi connectivity index (χ4v) is 3.72. The van der Waals surface area contributed by atoms with E-state index < -0.39 is 6.04 Å². The third-order valence-electron chi connectivity index (χ3n) is 5.18. The second kappa shape index (κ2) is 9.53. The van der Waals surface area contributed by atoms with E-state index in [1.807, 2.05) is 78.7 Å². The highest BCUT2D eigenvalue weighted by atomic mass is 16.6. The van der Waals surface area contributed by atoms with Crippen LogP contribution in [0.25, 0.3) is 0 Å². The van der Waals surface area contributed by atoms with Crippen LogP contribution in [0.4, 0.5) is 5.69 Å². The summed E-state index contributed by atoms with van der Waals surface area (Å²) in [5, 5.41) is 3.03. The first kappa shape index (κ1) is 20.8. The highest BCUT2D eigenvalue weighted by Crippen LogP contribution is 2.32. The molecule has 0 fully saturated rings. The number of hydrogen-bond acceptors (Lipinski definition) is 5. The molecule has 0 saturated carbocycles. The van der Waals surface area contributed by atoms with E-state index >= 15 is 0 Å². The minimum atomic E-state index is -0.472. The summed E-state index contributed by atoms with van der Waals surface area (Å²) in [6.07, 6.45) is 0. The van der Waals surface area contributed by atoms with E-state index in [1.165, 1.54) is 0 Å². The van der Waals surface area contributed by atoms with Crippen LogP contribution < -0.4 is 19.5 Å². The Labute approximate surface area is 182 Å². The van der Waals surface area contributed by atoms with Gasteiger partial charge in [0.15, 0.2) is 11.5 Å². The summed E-state index contributed by atoms with van der Waals surface area (Å²) in [5.74, 6) is 2.08. The molecule has 4 rings (SSSR count). The van der Waals surface area contributed by atoms with Gasteiger partial charge in [0.1, 0.15) is 25.0 Å². The van der Waals surface area contributed by atoms with E-state index in [1.54, 1.807) is 13.2 Å². The van der Waals surface area contributed by atoms with Crippen molar-refractivity contribution in [1.82, 2.24) is 4.90 Å². The molecule has 160 valence electrons. The van der Waals surface area contributed by atoms with Crippen molar-refractivity contribution in [3.8, 4) is 17.2 Å². The van der Waals surface area contributed by atoms with E-state index in [4.69, 9.17) is 14.2 Å². The van der Waals surface area contributed by atoms with Crippen LogP contribution >= 0.6 is 0 Å². The molecule has 0 aliphatic carbocycles. The second-order valence-electron chi connectivity index (χ2n) is 7.43. The lowest BCUT2D eigenvalue weighted by Crippen LogP contribution is -2.34. The van der Waals surface area contributed by atoms with Crippen LogP contribution in [0.5, 0.6) is 17.2 Å². The monoisotopic (exact) mass is 418 g/mol. The topological polar surface area (TPSA) is 60.0 Å². The number of carbonyl (C=O) groups excluding carboxylic acids is 1. The molecule has 6 nitrogen and oxygen atoms in total. The maximum absolute atomic E-state index is 13.3. The van der Waals surface area contributed by atoms with Gasteiger partial charge in [-0.25, -0.2) is 0 Å². The van der Waals surface area contributed by atoms with Gasteiger partial charge in [-0.1, -0.05) is 42.5 Å². The van der Waals surface area contributed by atoms with E-state index in [0.29, 0.717) is 31.2 Å². The highest BCUT2D eigenvalue weighted by Gasteiger charge is 2.26. The van der Waals surface area contributed by atoms with Crippen molar-refractivity contribution < 1.29 is 19.0 Å². The van der Waals surface area contributed by atoms with Gasteiger partial charge in [0, 0.05) is 18.3 Å². The molecule has 1 unspecified atom stereocenters. The first-order chi connectivity index (χ1) is 15.1. The van der Waals surface area contributed by atoms with Gasteiger partial charge in [0.25, 0.3) is 0 Å². The van der Waals surface area contributed by atoms with Gasteiger partial charge in [0.05, 0.1) is 7.11 Å². The van der Waals surface area contributed by atoms with Gasteiger partial charge in [-0.05, 0) is 42.4 Å². The third-order valence-corrected chi connectivity index (χ3v) is 5.18. The lowest BCUT2D eigenvalue weighted by atomic mass is 10.0. The molecule has 0 spiro atoms. The molecule has 0 radical (unpaired) electrons. The maximum Gasteiger partial charge on any atom is 0.246 e. The molecule has 1 amide bonds. The molecule has 0 bridgehead atoms. The fraction of sp³-hybridized carbons (Fsp3) is 0.240. The number of nitrogens with zero attached hydrogens (tertiary/aromatic N) is 1. The Bertz CT molecular complexity index is 1040. The molecule has 0 saturated heterocycles. The van der Waals surface area contributed by atoms with Gasteiger partial charge < -0.3 is 19.5 Å². The van der Waals surface area contributed by atoms with Crippen LogP contribution in [0.1, 0.15) is 17.2 Å². The van der Waals surface area contributed by atoms with Gasteiger partial charge in [-0.15, -0.1) is 0 Å². The molecular formula is C25H26N2O4. The van der Waals surface area contributed by atoms with E-state index in [9.17, 15) is 4.79 Å². The predicted molar refractivity (Wildman–Crippen MR) is 120 cm³/mol. The number of fused-ring (bicyclic) bond motifs is 1. The van der Waals surface area contributed by atoms with E-state index in [0.717, 1.165) is 22.6 Å². The lowest BCUT2D eigenvalue weighted by Gasteiger charge is -2.28. The Balaban J connectivity index is 1.56. The van der Waals surface area contributed by atoms with Gasteiger partial charge in [0.2, 0.25) is 5.91 Å². The minimum absolute atomic E-state index is 0.112. The zero-order valence-corrected chi connectivity index (χ0v) is 17.7. The van der Waals surface area contributed by atoms with E-state index in [2.05, 4.69) is 5.32 Å². The van der Waals surface area contributed by atoms with Crippen molar-refractivity contribution >= 4 is 11.6 Å². The van der Waals surface area contributed by atoms with Gasteiger partial charge in [-0.3, -0.25) is 9.69 Å². The SMILES string of the molecule is COc1cccc(NC(=O)C(c2ccccc2)N(C)Cc2ccc3c(c2)OCCO3)c1.